The number of hydrogen-bond donors (Lipinski definition) is 1. The van der Waals surface area contributed by atoms with Crippen LogP contribution in [0.25, 0.3) is 5.69 Å². The summed E-state index contributed by atoms with van der Waals surface area (Å²) >= 11 is 0. The second kappa shape index (κ2) is 7.53. The number of hydrogen-bond acceptors (Lipinski definition) is 5. The lowest BCUT2D eigenvalue weighted by atomic mass is 10.1. The first-order valence-electron chi connectivity index (χ1n) is 7.87. The maximum atomic E-state index is 12.8. The number of nitriles is 1. The first-order valence-corrected chi connectivity index (χ1v) is 7.87. The molecule has 0 aliphatic carbocycles. The number of nitrogens with zero attached hydrogens (tertiary/aromatic N) is 3. The Morgan fingerprint density at radius 3 is 2.48 bits per heavy atom. The van der Waals surface area contributed by atoms with Crippen molar-refractivity contribution in [3.05, 3.63) is 47.3 Å². The predicted molar refractivity (Wildman–Crippen MR) is 93.5 cm³/mol. The summed E-state index contributed by atoms with van der Waals surface area (Å²) < 4.78 is 6.22. The highest BCUT2D eigenvalue weighted by Gasteiger charge is 2.25. The number of carbonyl (C=O) groups is 2. The Hall–Kier alpha value is -3.27. The molecule has 0 saturated carbocycles. The monoisotopic (exact) mass is 340 g/mol. The van der Waals surface area contributed by atoms with Gasteiger partial charge in [0.1, 0.15) is 6.07 Å². The number of rotatable bonds is 5. The Balaban J connectivity index is 2.71. The molecular weight excluding hydrogens is 320 g/mol. The van der Waals surface area contributed by atoms with Gasteiger partial charge in [0.25, 0.3) is 5.91 Å². The quantitative estimate of drug-likeness (QED) is 0.841. The predicted octanol–water partition coefficient (Wildman–Crippen LogP) is 2.20. The van der Waals surface area contributed by atoms with Gasteiger partial charge in [-0.25, -0.2) is 4.79 Å². The average Bonchev–Trinajstić information content (AvgIpc) is 2.98. The van der Waals surface area contributed by atoms with Crippen LogP contribution in [0.3, 0.4) is 0 Å². The van der Waals surface area contributed by atoms with Crippen molar-refractivity contribution < 1.29 is 14.3 Å². The van der Waals surface area contributed by atoms with Crippen molar-refractivity contribution in [2.75, 3.05) is 25.9 Å². The molecule has 0 unspecified atom stereocenters. The van der Waals surface area contributed by atoms with Gasteiger partial charge in [0.15, 0.2) is 5.69 Å². The molecule has 0 bridgehead atoms. The number of nitrogens with two attached hydrogens (primary N) is 1. The number of benzene rings is 1. The van der Waals surface area contributed by atoms with Crippen LogP contribution in [0, 0.1) is 11.3 Å². The first-order chi connectivity index (χ1) is 12.0. The van der Waals surface area contributed by atoms with Gasteiger partial charge in [0.05, 0.1) is 29.6 Å². The summed E-state index contributed by atoms with van der Waals surface area (Å²) in [4.78, 5) is 26.6. The second-order valence-electron chi connectivity index (χ2n) is 5.27. The number of esters is 1. The van der Waals surface area contributed by atoms with Gasteiger partial charge in [0, 0.05) is 19.3 Å². The Labute approximate surface area is 146 Å². The van der Waals surface area contributed by atoms with Crippen molar-refractivity contribution in [2.45, 2.75) is 13.8 Å². The molecule has 0 atom stereocenters. The summed E-state index contributed by atoms with van der Waals surface area (Å²) in [6.07, 6.45) is 1.44. The van der Waals surface area contributed by atoms with E-state index in [0.29, 0.717) is 24.3 Å². The van der Waals surface area contributed by atoms with E-state index in [1.807, 2.05) is 19.9 Å². The van der Waals surface area contributed by atoms with E-state index in [1.54, 1.807) is 29.2 Å². The third kappa shape index (κ3) is 3.19. The molecule has 1 aromatic heterocycles. The van der Waals surface area contributed by atoms with Crippen LogP contribution in [-0.4, -0.2) is 41.5 Å². The third-order valence-electron chi connectivity index (χ3n) is 3.99. The lowest BCUT2D eigenvalue weighted by Gasteiger charge is -2.21. The van der Waals surface area contributed by atoms with Crippen molar-refractivity contribution in [1.82, 2.24) is 9.47 Å². The molecule has 1 aromatic carbocycles. The minimum absolute atomic E-state index is 0.0267. The first kappa shape index (κ1) is 18.1. The SMILES string of the molecule is CCN(CC)C(=O)c1ccccc1-n1cc(C#N)c(N)c1C(=O)OC. The largest absolute Gasteiger partial charge is 0.464 e. The van der Waals surface area contributed by atoms with E-state index < -0.39 is 5.97 Å². The van der Waals surface area contributed by atoms with Crippen molar-refractivity contribution in [3.63, 3.8) is 0 Å². The molecule has 0 saturated heterocycles. The summed E-state index contributed by atoms with van der Waals surface area (Å²) in [6.45, 7) is 4.91. The zero-order valence-electron chi connectivity index (χ0n) is 14.4. The highest BCUT2D eigenvalue weighted by Crippen LogP contribution is 2.27. The van der Waals surface area contributed by atoms with Gasteiger partial charge in [-0.15, -0.1) is 0 Å². The minimum Gasteiger partial charge on any atom is -0.464 e. The fraction of sp³-hybridized carbons (Fsp3) is 0.278. The molecule has 7 heteroatoms. The fourth-order valence-corrected chi connectivity index (χ4v) is 2.65. The fourth-order valence-electron chi connectivity index (χ4n) is 2.65. The van der Waals surface area contributed by atoms with Crippen molar-refractivity contribution in [2.24, 2.45) is 0 Å². The van der Waals surface area contributed by atoms with E-state index in [-0.39, 0.29) is 22.9 Å². The van der Waals surface area contributed by atoms with Gasteiger partial charge < -0.3 is 19.9 Å². The van der Waals surface area contributed by atoms with Gasteiger partial charge in [-0.05, 0) is 26.0 Å². The number of carbonyl (C=O) groups excluding carboxylic acids is 2. The van der Waals surface area contributed by atoms with Crippen LogP contribution >= 0.6 is 0 Å². The van der Waals surface area contributed by atoms with Crippen LogP contribution in [0.1, 0.15) is 40.3 Å². The summed E-state index contributed by atoms with van der Waals surface area (Å²) in [6, 6.07) is 8.82. The van der Waals surface area contributed by atoms with Gasteiger partial charge in [-0.1, -0.05) is 12.1 Å². The zero-order valence-corrected chi connectivity index (χ0v) is 14.4. The van der Waals surface area contributed by atoms with E-state index in [2.05, 4.69) is 0 Å². The normalized spacial score (nSPS) is 10.2. The molecule has 2 aromatic rings. The van der Waals surface area contributed by atoms with Crippen LogP contribution in [0.4, 0.5) is 5.69 Å². The van der Waals surface area contributed by atoms with Crippen LogP contribution in [0.2, 0.25) is 0 Å². The summed E-state index contributed by atoms with van der Waals surface area (Å²) in [7, 11) is 1.23. The van der Waals surface area contributed by atoms with E-state index in [0.717, 1.165) is 0 Å². The van der Waals surface area contributed by atoms with E-state index in [9.17, 15) is 14.9 Å². The van der Waals surface area contributed by atoms with Crippen LogP contribution in [-0.2, 0) is 4.74 Å². The van der Waals surface area contributed by atoms with Gasteiger partial charge in [-0.3, -0.25) is 4.79 Å². The second-order valence-corrected chi connectivity index (χ2v) is 5.27. The zero-order chi connectivity index (χ0) is 18.6. The molecule has 0 aliphatic heterocycles. The molecule has 1 heterocycles. The standard InChI is InChI=1S/C18H20N4O3/c1-4-21(5-2)17(23)13-8-6-7-9-14(13)22-11-12(10-19)15(20)16(22)18(24)25-3/h6-9,11H,4-5,20H2,1-3H3. The summed E-state index contributed by atoms with van der Waals surface area (Å²) in [5.74, 6) is -0.841. The van der Waals surface area contributed by atoms with Crippen LogP contribution in [0.15, 0.2) is 30.5 Å². The number of ether oxygens (including phenoxy) is 1. The van der Waals surface area contributed by atoms with Crippen molar-refractivity contribution in [1.29, 1.82) is 5.26 Å². The minimum atomic E-state index is -0.677. The molecule has 7 nitrogen and oxygen atoms in total. The Bertz CT molecular complexity index is 844. The molecule has 0 radical (unpaired) electrons. The van der Waals surface area contributed by atoms with E-state index in [4.69, 9.17) is 10.5 Å². The number of anilines is 1. The van der Waals surface area contributed by atoms with E-state index >= 15 is 0 Å². The molecule has 0 fully saturated rings. The maximum absolute atomic E-state index is 12.8. The number of methoxy groups -OCH3 is 1. The Morgan fingerprint density at radius 1 is 1.28 bits per heavy atom. The topological polar surface area (TPSA) is 101 Å². The lowest BCUT2D eigenvalue weighted by molar-refractivity contribution is 0.0592. The number of amides is 1. The molecule has 2 rings (SSSR count). The van der Waals surface area contributed by atoms with Gasteiger partial charge in [-0.2, -0.15) is 5.26 Å². The smallest absolute Gasteiger partial charge is 0.357 e. The van der Waals surface area contributed by atoms with Crippen molar-refractivity contribution in [3.8, 4) is 11.8 Å². The summed E-state index contributed by atoms with van der Waals surface area (Å²) in [5.41, 5.74) is 7.00. The highest BCUT2D eigenvalue weighted by molar-refractivity contribution is 6.00. The molecule has 1 amide bonds. The van der Waals surface area contributed by atoms with Crippen molar-refractivity contribution >= 4 is 17.6 Å². The number of aromatic nitrogens is 1. The van der Waals surface area contributed by atoms with Gasteiger partial charge >= 0.3 is 5.97 Å². The number of para-hydroxylation sites is 1. The third-order valence-corrected chi connectivity index (χ3v) is 3.99. The Morgan fingerprint density at radius 2 is 1.92 bits per heavy atom. The van der Waals surface area contributed by atoms with E-state index in [1.165, 1.54) is 17.9 Å². The van der Waals surface area contributed by atoms with Gasteiger partial charge in [0.2, 0.25) is 0 Å². The van der Waals surface area contributed by atoms with Crippen LogP contribution in [0.5, 0.6) is 0 Å². The Kier molecular flexibility index (Phi) is 5.45. The average molecular weight is 340 g/mol. The lowest BCUT2D eigenvalue weighted by Crippen LogP contribution is -2.31. The molecule has 2 N–H and O–H groups in total. The summed E-state index contributed by atoms with van der Waals surface area (Å²) in [5, 5.41) is 9.23. The highest BCUT2D eigenvalue weighted by atomic mass is 16.5. The molecule has 0 spiro atoms. The molecule has 130 valence electrons. The maximum Gasteiger partial charge on any atom is 0.357 e. The molecule has 0 aliphatic rings. The van der Waals surface area contributed by atoms with Crippen LogP contribution < -0.4 is 5.73 Å². The number of nitrogen functional groups attached to an aromatic ring is 1. The molecular formula is C18H20N4O3. The molecule has 25 heavy (non-hydrogen) atoms.